The second kappa shape index (κ2) is 3.39. The topological polar surface area (TPSA) is 0 Å². The van der Waals surface area contributed by atoms with Crippen molar-refractivity contribution in [2.45, 2.75) is 28.4 Å². The van der Waals surface area contributed by atoms with Gasteiger partial charge in [-0.1, -0.05) is 30.3 Å². The normalized spacial score (nSPS) is 21.0. The van der Waals surface area contributed by atoms with E-state index in [2.05, 4.69) is 68.4 Å². The summed E-state index contributed by atoms with van der Waals surface area (Å²) >= 11 is 0. The Balaban J connectivity index is 2.13. The summed E-state index contributed by atoms with van der Waals surface area (Å²) in [4.78, 5) is 2.99. The molecular formula is C15H15S+. The lowest BCUT2D eigenvalue weighted by atomic mass is 10.0. The predicted octanol–water partition coefficient (Wildman–Crippen LogP) is 3.97. The fourth-order valence-electron chi connectivity index (χ4n) is 2.46. The maximum Gasteiger partial charge on any atom is 0.170 e. The van der Waals surface area contributed by atoms with Crippen molar-refractivity contribution < 1.29 is 0 Å². The monoisotopic (exact) mass is 227 g/mol. The molecule has 0 spiro atoms. The smallest absolute Gasteiger partial charge is 0.0619 e. The quantitative estimate of drug-likeness (QED) is 0.647. The van der Waals surface area contributed by atoms with Crippen LogP contribution in [-0.2, 0) is 15.6 Å². The zero-order valence-corrected chi connectivity index (χ0v) is 10.4. The molecule has 0 aliphatic carbocycles. The van der Waals surface area contributed by atoms with Crippen LogP contribution in [0.5, 0.6) is 0 Å². The third kappa shape index (κ3) is 1.24. The minimum atomic E-state index is 0.255. The fraction of sp³-hybridized carbons (Fsp3) is 0.200. The van der Waals surface area contributed by atoms with Gasteiger partial charge in [-0.25, -0.2) is 0 Å². The van der Waals surface area contributed by atoms with Crippen molar-refractivity contribution in [3.8, 4) is 0 Å². The van der Waals surface area contributed by atoms with Crippen molar-refractivity contribution in [3.63, 3.8) is 0 Å². The zero-order chi connectivity index (χ0) is 11.2. The van der Waals surface area contributed by atoms with Crippen LogP contribution in [-0.4, -0.2) is 0 Å². The van der Waals surface area contributed by atoms with Crippen molar-refractivity contribution >= 4 is 10.9 Å². The van der Waals surface area contributed by atoms with Gasteiger partial charge in [0, 0.05) is 0 Å². The first-order valence-corrected chi connectivity index (χ1v) is 6.83. The van der Waals surface area contributed by atoms with Gasteiger partial charge in [-0.05, 0) is 38.1 Å². The van der Waals surface area contributed by atoms with E-state index in [4.69, 9.17) is 0 Å². The first-order valence-electron chi connectivity index (χ1n) is 5.60. The summed E-state index contributed by atoms with van der Waals surface area (Å²) in [5, 5.41) is 0. The molecule has 1 heteroatoms. The van der Waals surface area contributed by atoms with E-state index in [-0.39, 0.29) is 10.9 Å². The lowest BCUT2D eigenvalue weighted by Gasteiger charge is -2.35. The van der Waals surface area contributed by atoms with E-state index in [0.717, 1.165) is 0 Å². The Bertz CT molecular complexity index is 514. The summed E-state index contributed by atoms with van der Waals surface area (Å²) in [6.45, 7) is 4.71. The highest BCUT2D eigenvalue weighted by atomic mass is 32.2. The number of rotatable bonds is 1. The Morgan fingerprint density at radius 1 is 0.812 bits per heavy atom. The Morgan fingerprint density at radius 3 is 2.19 bits per heavy atom. The molecule has 2 aromatic carbocycles. The molecule has 0 saturated heterocycles. The molecule has 1 aliphatic heterocycles. The molecule has 0 amide bonds. The van der Waals surface area contributed by atoms with E-state index in [0.29, 0.717) is 4.75 Å². The SMILES string of the molecule is CC1(C)c2ccccc2[S+]1c1ccccc1. The van der Waals surface area contributed by atoms with Gasteiger partial charge in [0.05, 0.1) is 16.5 Å². The van der Waals surface area contributed by atoms with Crippen LogP contribution in [0.4, 0.5) is 0 Å². The summed E-state index contributed by atoms with van der Waals surface area (Å²) < 4.78 is 0.304. The Hall–Kier alpha value is -1.21. The van der Waals surface area contributed by atoms with Gasteiger partial charge in [0.2, 0.25) is 0 Å². The minimum absolute atomic E-state index is 0.255. The molecule has 0 radical (unpaired) electrons. The molecule has 1 atom stereocenters. The zero-order valence-electron chi connectivity index (χ0n) is 9.60. The second-order valence-electron chi connectivity index (χ2n) is 4.63. The van der Waals surface area contributed by atoms with Crippen LogP contribution < -0.4 is 0 Å². The molecule has 1 unspecified atom stereocenters. The molecule has 3 rings (SSSR count). The molecule has 0 bridgehead atoms. The van der Waals surface area contributed by atoms with Crippen LogP contribution in [0.15, 0.2) is 64.4 Å². The highest BCUT2D eigenvalue weighted by molar-refractivity contribution is 7.99. The van der Waals surface area contributed by atoms with Gasteiger partial charge in [0.1, 0.15) is 0 Å². The molecule has 0 N–H and O–H groups in total. The largest absolute Gasteiger partial charge is 0.170 e. The van der Waals surface area contributed by atoms with Crippen molar-refractivity contribution in [3.05, 3.63) is 60.2 Å². The van der Waals surface area contributed by atoms with Crippen molar-refractivity contribution in [1.29, 1.82) is 0 Å². The summed E-state index contributed by atoms with van der Waals surface area (Å²) in [5.41, 5.74) is 1.52. The van der Waals surface area contributed by atoms with Gasteiger partial charge >= 0.3 is 0 Å². The number of hydrogen-bond donors (Lipinski definition) is 0. The van der Waals surface area contributed by atoms with Gasteiger partial charge < -0.3 is 0 Å². The summed E-state index contributed by atoms with van der Waals surface area (Å²) in [6, 6.07) is 19.7. The van der Waals surface area contributed by atoms with E-state index < -0.39 is 0 Å². The average Bonchev–Trinajstić information content (AvgIpc) is 2.30. The number of benzene rings is 2. The van der Waals surface area contributed by atoms with Crippen molar-refractivity contribution in [2.75, 3.05) is 0 Å². The van der Waals surface area contributed by atoms with Gasteiger partial charge in [-0.15, -0.1) is 0 Å². The molecule has 1 heterocycles. The molecule has 1 aliphatic rings. The van der Waals surface area contributed by atoms with Crippen molar-refractivity contribution in [2.24, 2.45) is 0 Å². The van der Waals surface area contributed by atoms with E-state index in [9.17, 15) is 0 Å². The van der Waals surface area contributed by atoms with E-state index >= 15 is 0 Å². The maximum atomic E-state index is 2.35. The average molecular weight is 227 g/mol. The molecular weight excluding hydrogens is 212 g/mol. The third-order valence-corrected chi connectivity index (χ3v) is 6.02. The Labute approximate surface area is 99.7 Å². The lowest BCUT2D eigenvalue weighted by molar-refractivity contribution is 0.705. The van der Waals surface area contributed by atoms with E-state index in [1.165, 1.54) is 15.4 Å². The van der Waals surface area contributed by atoms with Crippen LogP contribution in [0.1, 0.15) is 19.4 Å². The van der Waals surface area contributed by atoms with Crippen LogP contribution in [0.2, 0.25) is 0 Å². The second-order valence-corrected chi connectivity index (χ2v) is 7.17. The third-order valence-electron chi connectivity index (χ3n) is 3.24. The Kier molecular flexibility index (Phi) is 2.11. The Morgan fingerprint density at radius 2 is 1.44 bits per heavy atom. The molecule has 0 fully saturated rings. The van der Waals surface area contributed by atoms with Crippen LogP contribution in [0, 0.1) is 0 Å². The van der Waals surface area contributed by atoms with Crippen LogP contribution >= 0.6 is 0 Å². The van der Waals surface area contributed by atoms with Gasteiger partial charge in [-0.3, -0.25) is 0 Å². The lowest BCUT2D eigenvalue weighted by Crippen LogP contribution is -2.40. The van der Waals surface area contributed by atoms with Gasteiger partial charge in [0.15, 0.2) is 14.5 Å². The standard InChI is InChI=1S/C15H15S/c1-15(2)13-10-6-7-11-14(13)16(15)12-8-4-3-5-9-12/h3-11H,1-2H3/q+1. The number of fused-ring (bicyclic) bond motifs is 1. The highest BCUT2D eigenvalue weighted by Gasteiger charge is 2.56. The fourth-order valence-corrected chi connectivity index (χ4v) is 5.28. The van der Waals surface area contributed by atoms with Gasteiger partial charge in [0.25, 0.3) is 0 Å². The minimum Gasteiger partial charge on any atom is -0.0619 e. The summed E-state index contributed by atoms with van der Waals surface area (Å²) in [6.07, 6.45) is 0. The summed E-state index contributed by atoms with van der Waals surface area (Å²) in [7, 11) is 0.255. The summed E-state index contributed by atoms with van der Waals surface area (Å²) in [5.74, 6) is 0. The molecule has 2 aromatic rings. The maximum absolute atomic E-state index is 2.35. The predicted molar refractivity (Wildman–Crippen MR) is 69.8 cm³/mol. The molecule has 0 aromatic heterocycles. The highest BCUT2D eigenvalue weighted by Crippen LogP contribution is 2.52. The first-order chi connectivity index (χ1) is 7.71. The van der Waals surface area contributed by atoms with E-state index in [1.54, 1.807) is 0 Å². The molecule has 80 valence electrons. The van der Waals surface area contributed by atoms with Crippen LogP contribution in [0.25, 0.3) is 0 Å². The molecule has 0 saturated carbocycles. The van der Waals surface area contributed by atoms with Crippen molar-refractivity contribution in [1.82, 2.24) is 0 Å². The van der Waals surface area contributed by atoms with E-state index in [1.807, 2.05) is 0 Å². The molecule has 0 nitrogen and oxygen atoms in total. The molecule has 16 heavy (non-hydrogen) atoms. The first kappa shape index (κ1) is 9.98. The van der Waals surface area contributed by atoms with Crippen LogP contribution in [0.3, 0.4) is 0 Å². The van der Waals surface area contributed by atoms with Gasteiger partial charge in [-0.2, -0.15) is 0 Å². The number of hydrogen-bond acceptors (Lipinski definition) is 0.